The van der Waals surface area contributed by atoms with Crippen LogP contribution in [-0.4, -0.2) is 47.5 Å². The molecule has 1 aliphatic rings. The van der Waals surface area contributed by atoms with Crippen LogP contribution in [0.5, 0.6) is 5.88 Å². The summed E-state index contributed by atoms with van der Waals surface area (Å²) in [5.74, 6) is -4.08. The molecule has 0 radical (unpaired) electrons. The van der Waals surface area contributed by atoms with E-state index in [-0.39, 0.29) is 23.7 Å². The highest BCUT2D eigenvalue weighted by Gasteiger charge is 2.29. The molecule has 2 atom stereocenters. The van der Waals surface area contributed by atoms with E-state index in [9.17, 15) is 18.0 Å². The lowest BCUT2D eigenvalue weighted by molar-refractivity contribution is -0.122. The smallest absolute Gasteiger partial charge is 0.278 e. The number of nitrogens with one attached hydrogen (secondary N) is 1. The van der Waals surface area contributed by atoms with Crippen LogP contribution in [-0.2, 0) is 11.2 Å². The Balaban J connectivity index is 1.53. The van der Waals surface area contributed by atoms with Crippen molar-refractivity contribution in [3.63, 3.8) is 0 Å². The maximum atomic E-state index is 14.7. The van der Waals surface area contributed by atoms with Crippen LogP contribution in [0, 0.1) is 11.7 Å². The first-order valence-electron chi connectivity index (χ1n) is 11.7. The van der Waals surface area contributed by atoms with Crippen molar-refractivity contribution in [3.05, 3.63) is 47.5 Å². The Kier molecular flexibility index (Phi) is 8.38. The molecule has 0 aliphatic carbocycles. The van der Waals surface area contributed by atoms with Gasteiger partial charge in [-0.05, 0) is 57.1 Å². The minimum Gasteiger partial charge on any atom is -0.469 e. The van der Waals surface area contributed by atoms with Crippen molar-refractivity contribution in [1.29, 1.82) is 0 Å². The monoisotopic (exact) mass is 478 g/mol. The molecule has 1 fully saturated rings. The van der Waals surface area contributed by atoms with E-state index in [0.717, 1.165) is 31.2 Å². The second kappa shape index (κ2) is 11.1. The number of rotatable bonds is 10. The van der Waals surface area contributed by atoms with Crippen molar-refractivity contribution >= 4 is 11.7 Å². The third kappa shape index (κ3) is 7.08. The van der Waals surface area contributed by atoms with Gasteiger partial charge in [0.1, 0.15) is 6.33 Å². The van der Waals surface area contributed by atoms with Crippen molar-refractivity contribution in [2.24, 2.45) is 5.92 Å². The van der Waals surface area contributed by atoms with Gasteiger partial charge in [0.15, 0.2) is 12.4 Å². The van der Waals surface area contributed by atoms with Crippen LogP contribution in [0.2, 0.25) is 0 Å². The lowest BCUT2D eigenvalue weighted by Gasteiger charge is -2.19. The maximum Gasteiger partial charge on any atom is 0.278 e. The summed E-state index contributed by atoms with van der Waals surface area (Å²) in [4.78, 5) is 21.7. The van der Waals surface area contributed by atoms with Crippen LogP contribution in [0.15, 0.2) is 30.6 Å². The zero-order valence-corrected chi connectivity index (χ0v) is 20.2. The van der Waals surface area contributed by atoms with Crippen LogP contribution >= 0.6 is 0 Å². The van der Waals surface area contributed by atoms with Gasteiger partial charge < -0.3 is 15.0 Å². The number of amides is 1. The number of ether oxygens (including phenoxy) is 1. The van der Waals surface area contributed by atoms with Crippen LogP contribution < -0.4 is 15.0 Å². The number of nitrogens with zero attached hydrogens (tertiary/aromatic N) is 3. The molecule has 6 nitrogen and oxygen atoms in total. The highest BCUT2D eigenvalue weighted by molar-refractivity contribution is 5.83. The summed E-state index contributed by atoms with van der Waals surface area (Å²) in [6.07, 6.45) is 3.82. The number of anilines is 1. The molecular formula is C25H33F3N4O2. The number of hydrogen-bond donors (Lipinski definition) is 1. The lowest BCUT2D eigenvalue weighted by Crippen LogP contribution is -2.33. The molecule has 2 aromatic rings. The quantitative estimate of drug-likeness (QED) is 0.535. The van der Waals surface area contributed by atoms with E-state index in [1.807, 2.05) is 37.8 Å². The molecule has 0 bridgehead atoms. The van der Waals surface area contributed by atoms with Gasteiger partial charge in [0.05, 0.1) is 5.92 Å². The summed E-state index contributed by atoms with van der Waals surface area (Å²) in [5.41, 5.74) is 2.16. The molecule has 1 unspecified atom stereocenters. The number of alkyl halides is 2. The normalized spacial score (nSPS) is 17.2. The number of aromatic nitrogens is 2. The molecular weight excluding hydrogens is 445 g/mol. The summed E-state index contributed by atoms with van der Waals surface area (Å²) in [6.45, 7) is 6.80. The number of carbonyl (C=O) groups is 1. The molecule has 1 N–H and O–H groups in total. The van der Waals surface area contributed by atoms with Gasteiger partial charge in [-0.25, -0.2) is 13.8 Å². The van der Waals surface area contributed by atoms with E-state index in [1.54, 1.807) is 0 Å². The predicted octanol–water partition coefficient (Wildman–Crippen LogP) is 4.74. The van der Waals surface area contributed by atoms with E-state index in [2.05, 4.69) is 27.4 Å². The summed E-state index contributed by atoms with van der Waals surface area (Å²) in [7, 11) is 0. The Labute approximate surface area is 198 Å². The number of aryl methyl sites for hydroxylation is 1. The van der Waals surface area contributed by atoms with Gasteiger partial charge in [-0.1, -0.05) is 24.3 Å². The first-order chi connectivity index (χ1) is 16.0. The molecule has 2 heterocycles. The molecule has 3 rings (SSSR count). The third-order valence-electron chi connectivity index (χ3n) is 5.93. The van der Waals surface area contributed by atoms with Crippen molar-refractivity contribution in [1.82, 2.24) is 15.3 Å². The SMILES string of the molecule is CC(C)NC(=O)C(C)c1ccc(CC[C@@H]2CCN(c3ncnc(OCC(C)(F)F)c3F)C2)cc1. The summed E-state index contributed by atoms with van der Waals surface area (Å²) >= 11 is 0. The van der Waals surface area contributed by atoms with E-state index in [0.29, 0.717) is 25.9 Å². The van der Waals surface area contributed by atoms with E-state index >= 15 is 0 Å². The van der Waals surface area contributed by atoms with E-state index < -0.39 is 24.2 Å². The van der Waals surface area contributed by atoms with Crippen molar-refractivity contribution < 1.29 is 22.7 Å². The fourth-order valence-electron chi connectivity index (χ4n) is 4.03. The molecule has 1 amide bonds. The van der Waals surface area contributed by atoms with Crippen molar-refractivity contribution in [3.8, 4) is 5.88 Å². The number of benzene rings is 1. The van der Waals surface area contributed by atoms with Gasteiger partial charge in [0, 0.05) is 26.1 Å². The molecule has 186 valence electrons. The topological polar surface area (TPSA) is 67.4 Å². The Morgan fingerprint density at radius 1 is 1.24 bits per heavy atom. The van der Waals surface area contributed by atoms with Crippen LogP contribution in [0.4, 0.5) is 19.0 Å². The maximum absolute atomic E-state index is 14.7. The third-order valence-corrected chi connectivity index (χ3v) is 5.93. The second-order valence-corrected chi connectivity index (χ2v) is 9.44. The Morgan fingerprint density at radius 3 is 2.59 bits per heavy atom. The fraction of sp³-hybridized carbons (Fsp3) is 0.560. The largest absolute Gasteiger partial charge is 0.469 e. The fourth-order valence-corrected chi connectivity index (χ4v) is 4.03. The first-order valence-corrected chi connectivity index (χ1v) is 11.7. The van der Waals surface area contributed by atoms with Crippen molar-refractivity contribution in [2.75, 3.05) is 24.6 Å². The first kappa shape index (κ1) is 25.8. The summed E-state index contributed by atoms with van der Waals surface area (Å²) in [6, 6.07) is 8.21. The van der Waals surface area contributed by atoms with Gasteiger partial charge >= 0.3 is 0 Å². The molecule has 1 saturated heterocycles. The predicted molar refractivity (Wildman–Crippen MR) is 125 cm³/mol. The highest BCUT2D eigenvalue weighted by atomic mass is 19.3. The van der Waals surface area contributed by atoms with E-state index in [4.69, 9.17) is 4.74 Å². The van der Waals surface area contributed by atoms with Crippen LogP contribution in [0.3, 0.4) is 0 Å². The van der Waals surface area contributed by atoms with Gasteiger partial charge in [0.2, 0.25) is 11.7 Å². The zero-order chi connectivity index (χ0) is 24.9. The summed E-state index contributed by atoms with van der Waals surface area (Å²) in [5, 5.41) is 2.94. The average molecular weight is 479 g/mol. The Hall–Kier alpha value is -2.84. The van der Waals surface area contributed by atoms with Gasteiger partial charge in [0.25, 0.3) is 11.8 Å². The molecule has 9 heteroatoms. The number of hydrogen-bond acceptors (Lipinski definition) is 5. The van der Waals surface area contributed by atoms with Crippen molar-refractivity contribution in [2.45, 2.75) is 64.8 Å². The molecule has 34 heavy (non-hydrogen) atoms. The lowest BCUT2D eigenvalue weighted by atomic mass is 9.95. The van der Waals surface area contributed by atoms with Crippen LogP contribution in [0.25, 0.3) is 0 Å². The Bertz CT molecular complexity index is 964. The van der Waals surface area contributed by atoms with E-state index in [1.165, 1.54) is 5.56 Å². The summed E-state index contributed by atoms with van der Waals surface area (Å²) < 4.78 is 45.7. The standard InChI is InChI=1S/C25H33F3N4O2/c1-16(2)31-23(33)17(3)20-9-7-18(8-10-20)5-6-19-11-12-32(13-19)22-21(26)24(30-15-29-22)34-14-25(4,27)28/h7-10,15-17,19H,5-6,11-14H2,1-4H3,(H,31,33)/t17?,19-/m1/s1. The molecule has 0 spiro atoms. The average Bonchev–Trinajstić information content (AvgIpc) is 3.24. The number of halogens is 3. The molecule has 1 aromatic carbocycles. The van der Waals surface area contributed by atoms with Gasteiger partial charge in [-0.2, -0.15) is 9.37 Å². The second-order valence-electron chi connectivity index (χ2n) is 9.44. The van der Waals surface area contributed by atoms with Crippen LogP contribution in [0.1, 0.15) is 57.6 Å². The van der Waals surface area contributed by atoms with Gasteiger partial charge in [-0.3, -0.25) is 4.79 Å². The minimum absolute atomic E-state index is 0.0164. The number of carbonyl (C=O) groups excluding carboxylic acids is 1. The molecule has 1 aromatic heterocycles. The molecule has 0 saturated carbocycles. The Morgan fingerprint density at radius 2 is 1.94 bits per heavy atom. The molecule has 1 aliphatic heterocycles. The van der Waals surface area contributed by atoms with Gasteiger partial charge in [-0.15, -0.1) is 0 Å². The zero-order valence-electron chi connectivity index (χ0n) is 20.2. The minimum atomic E-state index is -3.08. The highest BCUT2D eigenvalue weighted by Crippen LogP contribution is 2.30.